The van der Waals surface area contributed by atoms with Gasteiger partial charge in [0.1, 0.15) is 0 Å². The van der Waals surface area contributed by atoms with Gasteiger partial charge in [-0.05, 0) is 11.8 Å². The van der Waals surface area contributed by atoms with Gasteiger partial charge in [0, 0.05) is 6.54 Å². The third-order valence-electron chi connectivity index (χ3n) is 1.69. The molecule has 0 aliphatic rings. The van der Waals surface area contributed by atoms with Crippen LogP contribution in [-0.4, -0.2) is 6.54 Å². The summed E-state index contributed by atoms with van der Waals surface area (Å²) < 4.78 is 0. The molecule has 0 saturated carbocycles. The smallest absolute Gasteiger partial charge is 0.0109 e. The summed E-state index contributed by atoms with van der Waals surface area (Å²) in [5, 5.41) is 0. The van der Waals surface area contributed by atoms with E-state index in [2.05, 4.69) is 33.8 Å². The maximum Gasteiger partial charge on any atom is 0.0109 e. The minimum Gasteiger partial charge on any atom is -0.327 e. The summed E-state index contributed by atoms with van der Waals surface area (Å²) in [5.41, 5.74) is 6.90. The Morgan fingerprint density at radius 2 is 1.60 bits per heavy atom. The Hall–Kier alpha value is -0.300. The van der Waals surface area contributed by atoms with E-state index >= 15 is 0 Å². The van der Waals surface area contributed by atoms with Crippen molar-refractivity contribution in [2.24, 2.45) is 17.6 Å². The van der Waals surface area contributed by atoms with E-state index < -0.39 is 0 Å². The van der Waals surface area contributed by atoms with Crippen molar-refractivity contribution in [3.63, 3.8) is 0 Å². The summed E-state index contributed by atoms with van der Waals surface area (Å²) in [6.45, 7) is 9.51. The first kappa shape index (κ1) is 9.70. The molecule has 60 valence electrons. The lowest BCUT2D eigenvalue weighted by atomic mass is 9.92. The van der Waals surface area contributed by atoms with Gasteiger partial charge in [-0.3, -0.25) is 0 Å². The fraction of sp³-hybridized carbons (Fsp3) is 0.778. The van der Waals surface area contributed by atoms with Gasteiger partial charge >= 0.3 is 0 Å². The lowest BCUT2D eigenvalue weighted by Gasteiger charge is -2.14. The lowest BCUT2D eigenvalue weighted by molar-refractivity contribution is 0.622. The van der Waals surface area contributed by atoms with Gasteiger partial charge < -0.3 is 5.73 Å². The van der Waals surface area contributed by atoms with E-state index in [1.165, 1.54) is 5.57 Å². The van der Waals surface area contributed by atoms with Gasteiger partial charge in [0.05, 0.1) is 0 Å². The number of allylic oxidation sites excluding steroid dienone is 1. The summed E-state index contributed by atoms with van der Waals surface area (Å²) in [4.78, 5) is 0. The zero-order chi connectivity index (χ0) is 8.15. The highest BCUT2D eigenvalue weighted by atomic mass is 14.5. The molecule has 1 heteroatoms. The van der Waals surface area contributed by atoms with Crippen molar-refractivity contribution < 1.29 is 0 Å². The van der Waals surface area contributed by atoms with Gasteiger partial charge in [0.15, 0.2) is 0 Å². The van der Waals surface area contributed by atoms with Crippen molar-refractivity contribution in [1.29, 1.82) is 0 Å². The predicted octanol–water partition coefficient (Wildman–Crippen LogP) is 2.18. The monoisotopic (exact) mass is 141 g/mol. The first-order valence-corrected chi connectivity index (χ1v) is 3.99. The van der Waals surface area contributed by atoms with Crippen LogP contribution in [0.1, 0.15) is 27.7 Å². The maximum atomic E-state index is 5.43. The van der Waals surface area contributed by atoms with Crippen LogP contribution in [-0.2, 0) is 0 Å². The van der Waals surface area contributed by atoms with E-state index in [9.17, 15) is 0 Å². The van der Waals surface area contributed by atoms with Gasteiger partial charge in [-0.1, -0.05) is 39.3 Å². The average molecular weight is 141 g/mol. The Kier molecular flexibility index (Phi) is 4.37. The normalized spacial score (nSPS) is 10.7. The highest BCUT2D eigenvalue weighted by molar-refractivity contribution is 5.07. The molecule has 0 aliphatic carbocycles. The van der Waals surface area contributed by atoms with E-state index in [4.69, 9.17) is 5.73 Å². The van der Waals surface area contributed by atoms with Crippen molar-refractivity contribution in [3.05, 3.63) is 11.6 Å². The fourth-order valence-corrected chi connectivity index (χ4v) is 1.27. The molecule has 0 unspecified atom stereocenters. The zero-order valence-corrected chi connectivity index (χ0v) is 7.52. The van der Waals surface area contributed by atoms with Gasteiger partial charge in [0.25, 0.3) is 0 Å². The van der Waals surface area contributed by atoms with E-state index in [0.717, 1.165) is 0 Å². The molecule has 0 aromatic rings. The van der Waals surface area contributed by atoms with Gasteiger partial charge in [-0.2, -0.15) is 0 Å². The molecule has 0 spiro atoms. The minimum atomic E-state index is 0.642. The van der Waals surface area contributed by atoms with Crippen molar-refractivity contribution in [2.45, 2.75) is 27.7 Å². The molecule has 2 N–H and O–H groups in total. The minimum absolute atomic E-state index is 0.642. The molecule has 0 aromatic heterocycles. The van der Waals surface area contributed by atoms with Crippen molar-refractivity contribution in [3.8, 4) is 0 Å². The summed E-state index contributed by atoms with van der Waals surface area (Å²) >= 11 is 0. The summed E-state index contributed by atoms with van der Waals surface area (Å²) in [7, 11) is 0. The SMILES string of the molecule is CC(C)C(=CCN)C(C)C. The first-order chi connectivity index (χ1) is 4.59. The predicted molar refractivity (Wildman–Crippen MR) is 46.8 cm³/mol. The van der Waals surface area contributed by atoms with E-state index in [-0.39, 0.29) is 0 Å². The van der Waals surface area contributed by atoms with Crippen LogP contribution in [0.5, 0.6) is 0 Å². The standard InChI is InChI=1S/C9H19N/c1-7(2)9(5-6-10)8(3)4/h5,7-8H,6,10H2,1-4H3. The van der Waals surface area contributed by atoms with Crippen molar-refractivity contribution in [1.82, 2.24) is 0 Å². The molecule has 0 aromatic carbocycles. The molecule has 0 saturated heterocycles. The van der Waals surface area contributed by atoms with Crippen LogP contribution in [0.4, 0.5) is 0 Å². The molecule has 0 atom stereocenters. The highest BCUT2D eigenvalue weighted by Crippen LogP contribution is 2.18. The molecule has 0 heterocycles. The summed E-state index contributed by atoms with van der Waals surface area (Å²) in [5.74, 6) is 1.28. The van der Waals surface area contributed by atoms with Crippen LogP contribution in [0.15, 0.2) is 11.6 Å². The number of hydrogen-bond acceptors (Lipinski definition) is 1. The van der Waals surface area contributed by atoms with E-state index in [1.807, 2.05) is 0 Å². The molecule has 0 radical (unpaired) electrons. The first-order valence-electron chi connectivity index (χ1n) is 3.99. The maximum absolute atomic E-state index is 5.43. The Balaban J connectivity index is 4.12. The van der Waals surface area contributed by atoms with Crippen LogP contribution >= 0.6 is 0 Å². The molecule has 1 nitrogen and oxygen atoms in total. The summed E-state index contributed by atoms with van der Waals surface area (Å²) in [6.07, 6.45) is 2.13. The molecule has 0 rings (SSSR count). The fourth-order valence-electron chi connectivity index (χ4n) is 1.27. The van der Waals surface area contributed by atoms with E-state index in [0.29, 0.717) is 18.4 Å². The van der Waals surface area contributed by atoms with Gasteiger partial charge in [0.2, 0.25) is 0 Å². The van der Waals surface area contributed by atoms with Crippen molar-refractivity contribution in [2.75, 3.05) is 6.54 Å². The van der Waals surface area contributed by atoms with Crippen LogP contribution in [0, 0.1) is 11.8 Å². The lowest BCUT2D eigenvalue weighted by Crippen LogP contribution is -2.05. The molecule has 0 bridgehead atoms. The Morgan fingerprint density at radius 1 is 1.20 bits per heavy atom. The third kappa shape index (κ3) is 3.02. The Labute approximate surface area is 64.3 Å². The molecule has 0 amide bonds. The van der Waals surface area contributed by atoms with Crippen LogP contribution < -0.4 is 5.73 Å². The van der Waals surface area contributed by atoms with Gasteiger partial charge in [-0.15, -0.1) is 0 Å². The third-order valence-corrected chi connectivity index (χ3v) is 1.69. The second-order valence-electron chi connectivity index (χ2n) is 3.25. The van der Waals surface area contributed by atoms with Crippen LogP contribution in [0.3, 0.4) is 0 Å². The second kappa shape index (κ2) is 4.51. The summed E-state index contributed by atoms with van der Waals surface area (Å²) in [6, 6.07) is 0. The van der Waals surface area contributed by atoms with Gasteiger partial charge in [-0.25, -0.2) is 0 Å². The van der Waals surface area contributed by atoms with E-state index in [1.54, 1.807) is 0 Å². The highest BCUT2D eigenvalue weighted by Gasteiger charge is 2.05. The molecule has 0 fully saturated rings. The number of hydrogen-bond donors (Lipinski definition) is 1. The largest absolute Gasteiger partial charge is 0.327 e. The molecular weight excluding hydrogens is 122 g/mol. The Morgan fingerprint density at radius 3 is 1.70 bits per heavy atom. The van der Waals surface area contributed by atoms with Crippen molar-refractivity contribution >= 4 is 0 Å². The number of nitrogens with two attached hydrogens (primary N) is 1. The average Bonchev–Trinajstić information content (AvgIpc) is 1.81. The molecule has 0 aliphatic heterocycles. The molecular formula is C9H19N. The Bertz CT molecular complexity index is 102. The van der Waals surface area contributed by atoms with Crippen LogP contribution in [0.25, 0.3) is 0 Å². The topological polar surface area (TPSA) is 26.0 Å². The quantitative estimate of drug-likeness (QED) is 0.599. The molecule has 10 heavy (non-hydrogen) atoms. The van der Waals surface area contributed by atoms with Crippen LogP contribution in [0.2, 0.25) is 0 Å². The zero-order valence-electron chi connectivity index (χ0n) is 7.52. The number of rotatable bonds is 3. The second-order valence-corrected chi connectivity index (χ2v) is 3.25.